The number of morpholine rings is 1. The molecule has 1 fully saturated rings. The quantitative estimate of drug-likeness (QED) is 0.690. The number of Topliss-reactive ketones (excluding diaryl/α,β-unsaturated/α-hetero) is 2. The SMILES string of the molecule is CN(C)C(C)(CC(=O)c1ccccc1N1CCOCC1)C(=O)c1ccccc1. The topological polar surface area (TPSA) is 49.9 Å². The van der Waals surface area contributed by atoms with E-state index in [2.05, 4.69) is 4.90 Å². The number of ether oxygens (including phenoxy) is 1. The number of hydrogen-bond acceptors (Lipinski definition) is 5. The third-order valence-corrected chi connectivity index (χ3v) is 5.57. The van der Waals surface area contributed by atoms with Crippen LogP contribution in [0.2, 0.25) is 0 Å². The van der Waals surface area contributed by atoms with Gasteiger partial charge in [-0.2, -0.15) is 0 Å². The fourth-order valence-electron chi connectivity index (χ4n) is 3.54. The summed E-state index contributed by atoms with van der Waals surface area (Å²) in [5.41, 5.74) is 1.28. The molecule has 3 rings (SSSR count). The van der Waals surface area contributed by atoms with Crippen LogP contribution in [-0.2, 0) is 4.74 Å². The molecule has 1 aliphatic heterocycles. The van der Waals surface area contributed by atoms with Crippen molar-refractivity contribution in [3.05, 3.63) is 65.7 Å². The molecule has 28 heavy (non-hydrogen) atoms. The Labute approximate surface area is 166 Å². The molecular formula is C23H28N2O3. The molecule has 0 amide bonds. The Bertz CT molecular complexity index is 829. The van der Waals surface area contributed by atoms with E-state index in [-0.39, 0.29) is 18.0 Å². The lowest BCUT2D eigenvalue weighted by atomic mass is 9.83. The molecule has 0 saturated carbocycles. The second-order valence-electron chi connectivity index (χ2n) is 7.58. The van der Waals surface area contributed by atoms with E-state index in [9.17, 15) is 9.59 Å². The second-order valence-corrected chi connectivity index (χ2v) is 7.58. The smallest absolute Gasteiger partial charge is 0.183 e. The van der Waals surface area contributed by atoms with Gasteiger partial charge in [0.2, 0.25) is 0 Å². The van der Waals surface area contributed by atoms with Crippen molar-refractivity contribution in [3.8, 4) is 0 Å². The lowest BCUT2D eigenvalue weighted by molar-refractivity contribution is 0.0649. The van der Waals surface area contributed by atoms with Gasteiger partial charge in [-0.1, -0.05) is 42.5 Å². The fraction of sp³-hybridized carbons (Fsp3) is 0.391. The molecule has 0 aliphatic carbocycles. The van der Waals surface area contributed by atoms with E-state index in [1.807, 2.05) is 68.4 Å². The van der Waals surface area contributed by atoms with E-state index >= 15 is 0 Å². The highest BCUT2D eigenvalue weighted by Crippen LogP contribution is 2.28. The third kappa shape index (κ3) is 4.16. The van der Waals surface area contributed by atoms with Crippen LogP contribution in [0.3, 0.4) is 0 Å². The lowest BCUT2D eigenvalue weighted by Crippen LogP contribution is -2.50. The third-order valence-electron chi connectivity index (χ3n) is 5.57. The predicted octanol–water partition coefficient (Wildman–Crippen LogP) is 3.30. The molecule has 2 aromatic rings. The fourth-order valence-corrected chi connectivity index (χ4v) is 3.54. The Morgan fingerprint density at radius 3 is 2.25 bits per heavy atom. The Balaban J connectivity index is 1.89. The van der Waals surface area contributed by atoms with Gasteiger partial charge in [-0.25, -0.2) is 0 Å². The summed E-state index contributed by atoms with van der Waals surface area (Å²) >= 11 is 0. The number of likely N-dealkylation sites (N-methyl/N-ethyl adjacent to an activating group) is 1. The summed E-state index contributed by atoms with van der Waals surface area (Å²) in [7, 11) is 3.70. The standard InChI is InChI=1S/C23H28N2O3/c1-23(24(2)3,22(27)18-9-5-4-6-10-18)17-21(26)19-11-7-8-12-20(19)25-13-15-28-16-14-25/h4-12H,13-17H2,1-3H3. The van der Waals surface area contributed by atoms with Crippen LogP contribution in [0.4, 0.5) is 5.69 Å². The van der Waals surface area contributed by atoms with Crippen molar-refractivity contribution in [2.45, 2.75) is 18.9 Å². The number of para-hydroxylation sites is 1. The number of carbonyl (C=O) groups is 2. The highest BCUT2D eigenvalue weighted by atomic mass is 16.5. The Morgan fingerprint density at radius 1 is 1.00 bits per heavy atom. The molecule has 5 nitrogen and oxygen atoms in total. The van der Waals surface area contributed by atoms with Gasteiger partial charge in [0, 0.05) is 36.3 Å². The number of ketones is 2. The maximum Gasteiger partial charge on any atom is 0.183 e. The average Bonchev–Trinajstić information content (AvgIpc) is 2.74. The van der Waals surface area contributed by atoms with Crippen LogP contribution in [0.15, 0.2) is 54.6 Å². The van der Waals surface area contributed by atoms with Crippen LogP contribution < -0.4 is 4.90 Å². The van der Waals surface area contributed by atoms with Gasteiger partial charge in [0.25, 0.3) is 0 Å². The summed E-state index contributed by atoms with van der Waals surface area (Å²) < 4.78 is 5.44. The van der Waals surface area contributed by atoms with E-state index < -0.39 is 5.54 Å². The van der Waals surface area contributed by atoms with E-state index in [1.165, 1.54) is 0 Å². The van der Waals surface area contributed by atoms with Crippen molar-refractivity contribution >= 4 is 17.3 Å². The minimum absolute atomic E-state index is 0.0254. The molecule has 0 radical (unpaired) electrons. The molecule has 0 spiro atoms. The van der Waals surface area contributed by atoms with Crippen molar-refractivity contribution in [1.82, 2.24) is 4.90 Å². The van der Waals surface area contributed by atoms with Crippen molar-refractivity contribution in [2.24, 2.45) is 0 Å². The Morgan fingerprint density at radius 2 is 1.61 bits per heavy atom. The van der Waals surface area contributed by atoms with Crippen LogP contribution in [0, 0.1) is 0 Å². The number of anilines is 1. The first-order valence-electron chi connectivity index (χ1n) is 9.65. The highest BCUT2D eigenvalue weighted by Gasteiger charge is 2.39. The molecule has 0 bridgehead atoms. The van der Waals surface area contributed by atoms with Gasteiger partial charge in [0.15, 0.2) is 11.6 Å². The van der Waals surface area contributed by atoms with Gasteiger partial charge >= 0.3 is 0 Å². The first kappa shape index (κ1) is 20.2. The minimum Gasteiger partial charge on any atom is -0.378 e. The number of benzene rings is 2. The van der Waals surface area contributed by atoms with Crippen LogP contribution in [0.1, 0.15) is 34.1 Å². The number of hydrogen-bond donors (Lipinski definition) is 0. The van der Waals surface area contributed by atoms with Crippen molar-refractivity contribution < 1.29 is 14.3 Å². The highest BCUT2D eigenvalue weighted by molar-refractivity contribution is 6.09. The van der Waals surface area contributed by atoms with Gasteiger partial charge in [-0.05, 0) is 33.2 Å². The van der Waals surface area contributed by atoms with Crippen molar-refractivity contribution in [1.29, 1.82) is 0 Å². The maximum absolute atomic E-state index is 13.3. The molecule has 1 aliphatic rings. The normalized spacial score (nSPS) is 16.6. The van der Waals surface area contributed by atoms with E-state index in [0.29, 0.717) is 24.3 Å². The Kier molecular flexibility index (Phi) is 6.27. The molecule has 1 saturated heterocycles. The summed E-state index contributed by atoms with van der Waals surface area (Å²) in [5.74, 6) is -0.0714. The van der Waals surface area contributed by atoms with Crippen LogP contribution in [0.5, 0.6) is 0 Å². The van der Waals surface area contributed by atoms with E-state index in [1.54, 1.807) is 12.1 Å². The average molecular weight is 380 g/mol. The van der Waals surface area contributed by atoms with Crippen molar-refractivity contribution in [2.75, 3.05) is 45.3 Å². The number of nitrogens with zero attached hydrogens (tertiary/aromatic N) is 2. The maximum atomic E-state index is 13.3. The van der Waals surface area contributed by atoms with Gasteiger partial charge in [-0.3, -0.25) is 14.5 Å². The van der Waals surface area contributed by atoms with Gasteiger partial charge in [0.1, 0.15) is 0 Å². The van der Waals surface area contributed by atoms with Gasteiger partial charge < -0.3 is 9.64 Å². The van der Waals surface area contributed by atoms with Crippen molar-refractivity contribution in [3.63, 3.8) is 0 Å². The molecule has 1 heterocycles. The van der Waals surface area contributed by atoms with Gasteiger partial charge in [-0.15, -0.1) is 0 Å². The zero-order valence-corrected chi connectivity index (χ0v) is 16.9. The van der Waals surface area contributed by atoms with Crippen LogP contribution in [0.25, 0.3) is 0 Å². The molecular weight excluding hydrogens is 352 g/mol. The summed E-state index contributed by atoms with van der Waals surface area (Å²) in [6.45, 7) is 4.68. The summed E-state index contributed by atoms with van der Waals surface area (Å²) in [5, 5.41) is 0. The molecule has 5 heteroatoms. The molecule has 1 unspecified atom stereocenters. The molecule has 148 valence electrons. The van der Waals surface area contributed by atoms with E-state index in [0.717, 1.165) is 18.8 Å². The lowest BCUT2D eigenvalue weighted by Gasteiger charge is -2.35. The molecule has 0 aromatic heterocycles. The summed E-state index contributed by atoms with van der Waals surface area (Å²) in [4.78, 5) is 30.6. The second kappa shape index (κ2) is 8.67. The summed E-state index contributed by atoms with van der Waals surface area (Å²) in [6.07, 6.45) is 0.120. The first-order chi connectivity index (χ1) is 13.4. The minimum atomic E-state index is -0.920. The molecule has 0 N–H and O–H groups in total. The first-order valence-corrected chi connectivity index (χ1v) is 9.65. The number of rotatable bonds is 7. The van der Waals surface area contributed by atoms with Crippen LogP contribution in [-0.4, -0.2) is 62.4 Å². The zero-order chi connectivity index (χ0) is 20.1. The monoisotopic (exact) mass is 380 g/mol. The molecule has 2 aromatic carbocycles. The predicted molar refractivity (Wildman–Crippen MR) is 111 cm³/mol. The number of carbonyl (C=O) groups excluding carboxylic acids is 2. The van der Waals surface area contributed by atoms with Crippen LogP contribution >= 0.6 is 0 Å². The largest absolute Gasteiger partial charge is 0.378 e. The molecule has 1 atom stereocenters. The zero-order valence-electron chi connectivity index (χ0n) is 16.9. The van der Waals surface area contributed by atoms with Gasteiger partial charge in [0.05, 0.1) is 18.8 Å². The summed E-state index contributed by atoms with van der Waals surface area (Å²) in [6, 6.07) is 16.8. The van der Waals surface area contributed by atoms with E-state index in [4.69, 9.17) is 4.74 Å². The Hall–Kier alpha value is -2.50.